The lowest BCUT2D eigenvalue weighted by molar-refractivity contribution is -0.139. The van der Waals surface area contributed by atoms with Crippen LogP contribution in [0.3, 0.4) is 0 Å². The van der Waals surface area contributed by atoms with Crippen molar-refractivity contribution in [3.05, 3.63) is 28.8 Å². The Kier molecular flexibility index (Phi) is 8.63. The van der Waals surface area contributed by atoms with Crippen LogP contribution >= 0.6 is 11.6 Å². The fourth-order valence-corrected chi connectivity index (χ4v) is 4.10. The second kappa shape index (κ2) is 11.4. The number of rotatable bonds is 8. The number of carbonyl (C=O) groups is 1. The predicted molar refractivity (Wildman–Crippen MR) is 121 cm³/mol. The van der Waals surface area contributed by atoms with Crippen molar-refractivity contribution >= 4 is 23.5 Å². The molecule has 1 saturated carbocycles. The van der Waals surface area contributed by atoms with Crippen molar-refractivity contribution in [2.24, 2.45) is 10.9 Å². The molecule has 1 saturated heterocycles. The van der Waals surface area contributed by atoms with Gasteiger partial charge in [-0.15, -0.1) is 0 Å². The maximum atomic E-state index is 12.3. The van der Waals surface area contributed by atoms with Gasteiger partial charge in [-0.25, -0.2) is 0 Å². The van der Waals surface area contributed by atoms with Crippen molar-refractivity contribution in [2.45, 2.75) is 25.7 Å². The third-order valence-corrected chi connectivity index (χ3v) is 6.38. The van der Waals surface area contributed by atoms with Crippen molar-refractivity contribution in [1.82, 2.24) is 20.4 Å². The first-order valence-electron chi connectivity index (χ1n) is 10.9. The van der Waals surface area contributed by atoms with Gasteiger partial charge in [0.05, 0.1) is 7.11 Å². The summed E-state index contributed by atoms with van der Waals surface area (Å²) >= 11 is 6.30. The molecule has 0 bridgehead atoms. The van der Waals surface area contributed by atoms with Crippen LogP contribution in [0.1, 0.15) is 24.8 Å². The second-order valence-electron chi connectivity index (χ2n) is 7.93. The summed E-state index contributed by atoms with van der Waals surface area (Å²) < 4.78 is 5.19. The van der Waals surface area contributed by atoms with E-state index in [1.165, 1.54) is 6.42 Å². The van der Waals surface area contributed by atoms with Crippen molar-refractivity contribution in [2.75, 3.05) is 60.0 Å². The van der Waals surface area contributed by atoms with Crippen LogP contribution in [0.4, 0.5) is 0 Å². The van der Waals surface area contributed by atoms with E-state index in [2.05, 4.69) is 25.4 Å². The molecule has 7 nitrogen and oxygen atoms in total. The Labute approximate surface area is 184 Å². The normalized spacial score (nSPS) is 18.1. The fourth-order valence-electron chi connectivity index (χ4n) is 3.83. The van der Waals surface area contributed by atoms with E-state index in [9.17, 15) is 4.79 Å². The number of piperazine rings is 1. The molecular weight excluding hydrogens is 402 g/mol. The number of ether oxygens (including phenoxy) is 1. The van der Waals surface area contributed by atoms with Gasteiger partial charge in [-0.3, -0.25) is 14.7 Å². The van der Waals surface area contributed by atoms with Crippen LogP contribution in [-0.4, -0.2) is 81.6 Å². The summed E-state index contributed by atoms with van der Waals surface area (Å²) in [5, 5.41) is 7.42. The minimum atomic E-state index is 0.306. The Balaban J connectivity index is 1.31. The number of methoxy groups -OCH3 is 1. The molecule has 1 amide bonds. The Morgan fingerprint density at radius 3 is 2.53 bits per heavy atom. The van der Waals surface area contributed by atoms with Gasteiger partial charge < -0.3 is 20.3 Å². The topological polar surface area (TPSA) is 69.2 Å². The molecule has 8 heteroatoms. The van der Waals surface area contributed by atoms with E-state index in [1.54, 1.807) is 14.2 Å². The zero-order valence-corrected chi connectivity index (χ0v) is 18.9. The zero-order valence-electron chi connectivity index (χ0n) is 18.1. The van der Waals surface area contributed by atoms with Crippen molar-refractivity contribution in [3.8, 4) is 5.75 Å². The van der Waals surface area contributed by atoms with Gasteiger partial charge in [0.15, 0.2) is 5.96 Å². The molecule has 0 unspecified atom stereocenters. The molecule has 2 aliphatic rings. The number of nitrogens with one attached hydrogen (secondary N) is 2. The van der Waals surface area contributed by atoms with E-state index >= 15 is 0 Å². The third-order valence-electron chi connectivity index (χ3n) is 6.03. The highest BCUT2D eigenvalue weighted by atomic mass is 35.5. The van der Waals surface area contributed by atoms with E-state index in [0.717, 1.165) is 82.3 Å². The average Bonchev–Trinajstić information content (AvgIpc) is 2.72. The molecule has 1 heterocycles. The Morgan fingerprint density at radius 1 is 1.20 bits per heavy atom. The van der Waals surface area contributed by atoms with E-state index < -0.39 is 0 Å². The highest BCUT2D eigenvalue weighted by Crippen LogP contribution is 2.28. The number of hydrogen-bond donors (Lipinski definition) is 2. The molecule has 0 aromatic heterocycles. The van der Waals surface area contributed by atoms with E-state index in [0.29, 0.717) is 16.8 Å². The summed E-state index contributed by atoms with van der Waals surface area (Å²) in [5.74, 6) is 2.24. The van der Waals surface area contributed by atoms with Gasteiger partial charge in [-0.05, 0) is 37.0 Å². The molecular formula is C22H34ClN5O2. The Bertz CT molecular complexity index is 730. The second-order valence-corrected chi connectivity index (χ2v) is 8.34. The lowest BCUT2D eigenvalue weighted by atomic mass is 9.84. The number of nitrogens with zero attached hydrogens (tertiary/aromatic N) is 3. The number of hydrogen-bond acceptors (Lipinski definition) is 4. The standard InChI is InChI=1S/C22H34ClN5O2/c1-24-22(25-9-8-17-6-7-19(30-2)16-20(17)23)26-10-11-27-12-14-28(15-13-27)21(29)18-4-3-5-18/h6-7,16,18H,3-5,8-15H2,1-2H3,(H2,24,25,26). The summed E-state index contributed by atoms with van der Waals surface area (Å²) in [6.45, 7) is 6.10. The SMILES string of the molecule is CN=C(NCCc1ccc(OC)cc1Cl)NCCN1CCN(C(=O)C2CCC2)CC1. The first-order chi connectivity index (χ1) is 14.6. The number of aliphatic imine (C=N–C) groups is 1. The van der Waals surface area contributed by atoms with Crippen LogP contribution in [0, 0.1) is 5.92 Å². The molecule has 0 radical (unpaired) electrons. The highest BCUT2D eigenvalue weighted by molar-refractivity contribution is 6.31. The molecule has 1 aromatic carbocycles. The predicted octanol–water partition coefficient (Wildman–Crippen LogP) is 2.00. The first kappa shape index (κ1) is 22.7. The van der Waals surface area contributed by atoms with E-state index in [-0.39, 0.29) is 0 Å². The van der Waals surface area contributed by atoms with E-state index in [4.69, 9.17) is 16.3 Å². The van der Waals surface area contributed by atoms with Crippen molar-refractivity contribution in [3.63, 3.8) is 0 Å². The molecule has 1 aliphatic carbocycles. The zero-order chi connectivity index (χ0) is 21.3. The van der Waals surface area contributed by atoms with Crippen molar-refractivity contribution in [1.29, 1.82) is 0 Å². The summed E-state index contributed by atoms with van der Waals surface area (Å²) in [6, 6.07) is 5.76. The first-order valence-corrected chi connectivity index (χ1v) is 11.3. The van der Waals surface area contributed by atoms with Gasteiger partial charge in [0, 0.05) is 63.8 Å². The van der Waals surface area contributed by atoms with Gasteiger partial charge in [0.1, 0.15) is 5.75 Å². The minimum Gasteiger partial charge on any atom is -0.497 e. The van der Waals surface area contributed by atoms with Crippen LogP contribution in [0.25, 0.3) is 0 Å². The van der Waals surface area contributed by atoms with Crippen LogP contribution in [0.15, 0.2) is 23.2 Å². The lowest BCUT2D eigenvalue weighted by Crippen LogP contribution is -2.52. The van der Waals surface area contributed by atoms with Gasteiger partial charge in [0.25, 0.3) is 0 Å². The number of guanidine groups is 1. The fraction of sp³-hybridized carbons (Fsp3) is 0.636. The van der Waals surface area contributed by atoms with E-state index in [1.807, 2.05) is 18.2 Å². The number of benzene rings is 1. The maximum absolute atomic E-state index is 12.3. The summed E-state index contributed by atoms with van der Waals surface area (Å²) in [6.07, 6.45) is 4.19. The number of amides is 1. The summed E-state index contributed by atoms with van der Waals surface area (Å²) in [7, 11) is 3.41. The van der Waals surface area contributed by atoms with Crippen LogP contribution < -0.4 is 15.4 Å². The number of halogens is 1. The van der Waals surface area contributed by atoms with Crippen LogP contribution in [0.2, 0.25) is 5.02 Å². The summed E-state index contributed by atoms with van der Waals surface area (Å²) in [5.41, 5.74) is 1.08. The van der Waals surface area contributed by atoms with Gasteiger partial charge in [-0.1, -0.05) is 24.1 Å². The lowest BCUT2D eigenvalue weighted by Gasteiger charge is -2.38. The molecule has 30 heavy (non-hydrogen) atoms. The Hall–Kier alpha value is -1.99. The third kappa shape index (κ3) is 6.25. The molecule has 1 aliphatic heterocycles. The van der Waals surface area contributed by atoms with Crippen LogP contribution in [0.5, 0.6) is 5.75 Å². The monoisotopic (exact) mass is 435 g/mol. The summed E-state index contributed by atoms with van der Waals surface area (Å²) in [4.78, 5) is 21.1. The number of carbonyl (C=O) groups excluding carboxylic acids is 1. The quantitative estimate of drug-likeness (QED) is 0.483. The molecule has 2 N–H and O–H groups in total. The maximum Gasteiger partial charge on any atom is 0.225 e. The van der Waals surface area contributed by atoms with Gasteiger partial charge in [-0.2, -0.15) is 0 Å². The molecule has 0 atom stereocenters. The van der Waals surface area contributed by atoms with Crippen molar-refractivity contribution < 1.29 is 9.53 Å². The highest BCUT2D eigenvalue weighted by Gasteiger charge is 2.30. The van der Waals surface area contributed by atoms with Crippen LogP contribution in [-0.2, 0) is 11.2 Å². The molecule has 0 spiro atoms. The average molecular weight is 436 g/mol. The molecule has 1 aromatic rings. The van der Waals surface area contributed by atoms with Gasteiger partial charge in [0.2, 0.25) is 5.91 Å². The molecule has 2 fully saturated rings. The minimum absolute atomic E-state index is 0.306. The largest absolute Gasteiger partial charge is 0.497 e. The molecule has 3 rings (SSSR count). The van der Waals surface area contributed by atoms with Gasteiger partial charge >= 0.3 is 0 Å². The Morgan fingerprint density at radius 2 is 1.93 bits per heavy atom. The molecule has 166 valence electrons. The smallest absolute Gasteiger partial charge is 0.225 e.